The third kappa shape index (κ3) is 7.08. The minimum Gasteiger partial charge on any atom is -0.484 e. The van der Waals surface area contributed by atoms with Gasteiger partial charge in [-0.2, -0.15) is 0 Å². The molecule has 1 atom stereocenters. The molecule has 188 valence electrons. The summed E-state index contributed by atoms with van der Waals surface area (Å²) in [6.07, 6.45) is 4.40. The van der Waals surface area contributed by atoms with Crippen molar-refractivity contribution < 1.29 is 18.7 Å². The quantitative estimate of drug-likeness (QED) is 0.390. The molecule has 0 radical (unpaired) electrons. The van der Waals surface area contributed by atoms with Crippen LogP contribution >= 0.6 is 11.6 Å². The van der Waals surface area contributed by atoms with Gasteiger partial charge in [0.2, 0.25) is 5.91 Å². The van der Waals surface area contributed by atoms with E-state index in [0.29, 0.717) is 17.2 Å². The van der Waals surface area contributed by atoms with Crippen molar-refractivity contribution in [2.45, 2.75) is 50.7 Å². The van der Waals surface area contributed by atoms with Crippen LogP contribution in [0.2, 0.25) is 5.02 Å². The van der Waals surface area contributed by atoms with Crippen LogP contribution in [-0.4, -0.2) is 35.4 Å². The number of amides is 2. The Morgan fingerprint density at radius 1 is 0.972 bits per heavy atom. The Bertz CT molecular complexity index is 1150. The van der Waals surface area contributed by atoms with Crippen molar-refractivity contribution in [2.75, 3.05) is 6.61 Å². The van der Waals surface area contributed by atoms with Crippen LogP contribution in [0.3, 0.4) is 0 Å². The Balaban J connectivity index is 1.61. The van der Waals surface area contributed by atoms with Crippen LogP contribution in [0.5, 0.6) is 5.75 Å². The first kappa shape index (κ1) is 25.7. The molecule has 1 fully saturated rings. The Labute approximate surface area is 216 Å². The maximum Gasteiger partial charge on any atom is 0.261 e. The van der Waals surface area contributed by atoms with E-state index in [9.17, 15) is 14.0 Å². The first-order chi connectivity index (χ1) is 17.5. The molecule has 5 nitrogen and oxygen atoms in total. The molecule has 0 spiro atoms. The first-order valence-corrected chi connectivity index (χ1v) is 12.6. The summed E-state index contributed by atoms with van der Waals surface area (Å²) < 4.78 is 18.9. The zero-order valence-electron chi connectivity index (χ0n) is 20.0. The maximum absolute atomic E-state index is 13.6. The number of nitrogens with one attached hydrogen (secondary N) is 1. The second-order valence-electron chi connectivity index (χ2n) is 9.05. The predicted octanol–water partition coefficient (Wildman–Crippen LogP) is 5.56. The smallest absolute Gasteiger partial charge is 0.261 e. The highest BCUT2D eigenvalue weighted by Gasteiger charge is 2.32. The van der Waals surface area contributed by atoms with E-state index in [1.807, 2.05) is 48.5 Å². The number of nitrogens with zero attached hydrogens (tertiary/aromatic N) is 1. The summed E-state index contributed by atoms with van der Waals surface area (Å²) >= 11 is 6.44. The van der Waals surface area contributed by atoms with Gasteiger partial charge in [-0.15, -0.1) is 0 Å². The Hall–Kier alpha value is -3.38. The Morgan fingerprint density at radius 2 is 1.64 bits per heavy atom. The monoisotopic (exact) mass is 508 g/mol. The Kier molecular flexibility index (Phi) is 8.95. The summed E-state index contributed by atoms with van der Waals surface area (Å²) in [6, 6.07) is 21.8. The highest BCUT2D eigenvalue weighted by Crippen LogP contribution is 2.23. The SMILES string of the molecule is O=C(NC1CCCC1)[C@@H](Cc1ccccc1)N(Cc1ccccc1Cl)C(=O)COc1ccc(F)cc1. The second-order valence-corrected chi connectivity index (χ2v) is 9.46. The summed E-state index contributed by atoms with van der Waals surface area (Å²) in [5.41, 5.74) is 1.68. The molecule has 0 aliphatic heterocycles. The number of benzene rings is 3. The molecule has 0 bridgehead atoms. The molecule has 0 saturated heterocycles. The number of hydrogen-bond donors (Lipinski definition) is 1. The third-order valence-corrected chi connectivity index (χ3v) is 6.82. The van der Waals surface area contributed by atoms with E-state index in [4.69, 9.17) is 16.3 Å². The van der Waals surface area contributed by atoms with Gasteiger partial charge in [0.15, 0.2) is 6.61 Å². The molecule has 1 aliphatic rings. The van der Waals surface area contributed by atoms with E-state index < -0.39 is 6.04 Å². The van der Waals surface area contributed by atoms with Crippen LogP contribution in [0.25, 0.3) is 0 Å². The van der Waals surface area contributed by atoms with E-state index in [1.165, 1.54) is 24.3 Å². The van der Waals surface area contributed by atoms with E-state index in [0.717, 1.165) is 36.8 Å². The molecule has 0 heterocycles. The number of carbonyl (C=O) groups excluding carboxylic acids is 2. The van der Waals surface area contributed by atoms with Gasteiger partial charge in [-0.3, -0.25) is 9.59 Å². The topological polar surface area (TPSA) is 58.6 Å². The van der Waals surface area contributed by atoms with Crippen LogP contribution < -0.4 is 10.1 Å². The molecule has 3 aromatic rings. The van der Waals surface area contributed by atoms with Crippen molar-refractivity contribution >= 4 is 23.4 Å². The van der Waals surface area contributed by atoms with Gasteiger partial charge in [-0.25, -0.2) is 4.39 Å². The second kappa shape index (κ2) is 12.5. The molecular formula is C29H30ClFN2O3. The van der Waals surface area contributed by atoms with Crippen molar-refractivity contribution in [3.8, 4) is 5.75 Å². The average Bonchev–Trinajstić information content (AvgIpc) is 3.40. The van der Waals surface area contributed by atoms with Gasteiger partial charge in [0.1, 0.15) is 17.6 Å². The standard InChI is InChI=1S/C29H30ClFN2O3/c30-26-13-7-4-10-22(26)19-33(28(34)20-36-25-16-14-23(31)15-17-25)27(18-21-8-2-1-3-9-21)29(35)32-24-11-5-6-12-24/h1-4,7-10,13-17,24,27H,5-6,11-12,18-20H2,(H,32,35)/t27-/m1/s1. The number of carbonyl (C=O) groups is 2. The van der Waals surface area contributed by atoms with E-state index in [1.54, 1.807) is 11.0 Å². The van der Waals surface area contributed by atoms with Crippen LogP contribution in [0.4, 0.5) is 4.39 Å². The highest BCUT2D eigenvalue weighted by molar-refractivity contribution is 6.31. The first-order valence-electron chi connectivity index (χ1n) is 12.2. The summed E-state index contributed by atoms with van der Waals surface area (Å²) in [4.78, 5) is 28.7. The van der Waals surface area contributed by atoms with E-state index in [-0.39, 0.29) is 36.8 Å². The predicted molar refractivity (Wildman–Crippen MR) is 138 cm³/mol. The number of hydrogen-bond acceptors (Lipinski definition) is 3. The normalized spacial score (nSPS) is 14.3. The molecule has 0 unspecified atom stereocenters. The molecule has 7 heteroatoms. The minimum absolute atomic E-state index is 0.114. The molecule has 4 rings (SSSR count). The lowest BCUT2D eigenvalue weighted by atomic mass is 10.0. The molecular weight excluding hydrogens is 479 g/mol. The fourth-order valence-electron chi connectivity index (χ4n) is 4.49. The van der Waals surface area contributed by atoms with Crippen molar-refractivity contribution in [3.63, 3.8) is 0 Å². The van der Waals surface area contributed by atoms with E-state index in [2.05, 4.69) is 5.32 Å². The molecule has 0 aromatic heterocycles. The van der Waals surface area contributed by atoms with Crippen molar-refractivity contribution in [3.05, 3.63) is 101 Å². The van der Waals surface area contributed by atoms with E-state index >= 15 is 0 Å². The van der Waals surface area contributed by atoms with Crippen LogP contribution in [0.15, 0.2) is 78.9 Å². The van der Waals surface area contributed by atoms with Gasteiger partial charge < -0.3 is 15.0 Å². The zero-order valence-corrected chi connectivity index (χ0v) is 20.8. The lowest BCUT2D eigenvalue weighted by Gasteiger charge is -2.32. The van der Waals surface area contributed by atoms with Crippen molar-refractivity contribution in [1.82, 2.24) is 10.2 Å². The van der Waals surface area contributed by atoms with Crippen LogP contribution in [0.1, 0.15) is 36.8 Å². The molecule has 1 saturated carbocycles. The van der Waals surface area contributed by atoms with Crippen molar-refractivity contribution in [1.29, 1.82) is 0 Å². The molecule has 1 aliphatic carbocycles. The van der Waals surface area contributed by atoms with Crippen LogP contribution in [-0.2, 0) is 22.6 Å². The maximum atomic E-state index is 13.6. The highest BCUT2D eigenvalue weighted by atomic mass is 35.5. The fraction of sp³-hybridized carbons (Fsp3) is 0.310. The molecule has 2 amide bonds. The summed E-state index contributed by atoms with van der Waals surface area (Å²) in [5, 5.41) is 3.68. The minimum atomic E-state index is -0.756. The lowest BCUT2D eigenvalue weighted by Crippen LogP contribution is -2.53. The number of rotatable bonds is 10. The van der Waals surface area contributed by atoms with Gasteiger partial charge in [0.05, 0.1) is 0 Å². The number of ether oxygens (including phenoxy) is 1. The molecule has 36 heavy (non-hydrogen) atoms. The molecule has 3 aromatic carbocycles. The largest absolute Gasteiger partial charge is 0.484 e. The van der Waals surface area contributed by atoms with Crippen molar-refractivity contribution in [2.24, 2.45) is 0 Å². The Morgan fingerprint density at radius 3 is 2.33 bits per heavy atom. The zero-order chi connectivity index (χ0) is 25.3. The molecule has 1 N–H and O–H groups in total. The van der Waals surface area contributed by atoms with Gasteiger partial charge in [-0.1, -0.05) is 73.0 Å². The van der Waals surface area contributed by atoms with Gasteiger partial charge in [0.25, 0.3) is 5.91 Å². The lowest BCUT2D eigenvalue weighted by molar-refractivity contribution is -0.143. The summed E-state index contributed by atoms with van der Waals surface area (Å²) in [7, 11) is 0. The van der Waals surface area contributed by atoms with Gasteiger partial charge in [0, 0.05) is 24.0 Å². The van der Waals surface area contributed by atoms with Gasteiger partial charge >= 0.3 is 0 Å². The summed E-state index contributed by atoms with van der Waals surface area (Å²) in [6.45, 7) is -0.140. The fourth-order valence-corrected chi connectivity index (χ4v) is 4.69. The number of halogens is 2. The summed E-state index contributed by atoms with van der Waals surface area (Å²) in [5.74, 6) is -0.562. The third-order valence-electron chi connectivity index (χ3n) is 6.45. The average molecular weight is 509 g/mol. The van der Waals surface area contributed by atoms with Gasteiger partial charge in [-0.05, 0) is 54.3 Å². The van der Waals surface area contributed by atoms with Crippen LogP contribution in [0, 0.1) is 5.82 Å².